The summed E-state index contributed by atoms with van der Waals surface area (Å²) < 4.78 is 0. The Morgan fingerprint density at radius 1 is 0.613 bits per heavy atom. The average molecular weight is 452 g/mol. The van der Waals surface area contributed by atoms with E-state index in [1.54, 1.807) is 0 Å². The van der Waals surface area contributed by atoms with E-state index in [4.69, 9.17) is 5.73 Å². The standard InChI is InChI=1S/C29H53N.ClH/c1-4-7-8-9-10-11-12-13-14-15-16-17-18-19-23-26-28(30)29(5-2,6-3)27-24-21-20-22-25-27;/h20-22,24-25,28H,4-19,23,26,30H2,1-3H3;1H. The van der Waals surface area contributed by atoms with Crippen LogP contribution in [0.1, 0.15) is 142 Å². The van der Waals surface area contributed by atoms with Crippen molar-refractivity contribution in [2.45, 2.75) is 148 Å². The van der Waals surface area contributed by atoms with Crippen LogP contribution in [0.15, 0.2) is 30.3 Å². The molecule has 0 aromatic heterocycles. The van der Waals surface area contributed by atoms with Crippen molar-refractivity contribution >= 4 is 12.4 Å². The molecule has 0 spiro atoms. The molecule has 0 aliphatic carbocycles. The second-order valence-corrected chi connectivity index (χ2v) is 9.57. The van der Waals surface area contributed by atoms with Gasteiger partial charge in [-0.1, -0.05) is 147 Å². The Hall–Kier alpha value is -0.530. The van der Waals surface area contributed by atoms with Crippen LogP contribution in [0.2, 0.25) is 0 Å². The van der Waals surface area contributed by atoms with Gasteiger partial charge in [0.15, 0.2) is 0 Å². The van der Waals surface area contributed by atoms with E-state index in [-0.39, 0.29) is 23.9 Å². The Balaban J connectivity index is 0.00000900. The molecule has 1 unspecified atom stereocenters. The molecule has 1 atom stereocenters. The summed E-state index contributed by atoms with van der Waals surface area (Å²) in [4.78, 5) is 0. The quantitative estimate of drug-likeness (QED) is 0.196. The fraction of sp³-hybridized carbons (Fsp3) is 0.793. The zero-order chi connectivity index (χ0) is 21.9. The smallest absolute Gasteiger partial charge is 0.0136 e. The van der Waals surface area contributed by atoms with Gasteiger partial charge in [0.25, 0.3) is 0 Å². The van der Waals surface area contributed by atoms with Crippen LogP contribution in [-0.4, -0.2) is 6.04 Å². The SMILES string of the molecule is CCCCCCCCCCCCCCCCCC(N)C(CC)(CC)c1ccccc1.Cl. The molecular weight excluding hydrogens is 398 g/mol. The highest BCUT2D eigenvalue weighted by molar-refractivity contribution is 5.85. The van der Waals surface area contributed by atoms with Crippen LogP contribution in [0.3, 0.4) is 0 Å². The number of halogens is 1. The van der Waals surface area contributed by atoms with Crippen molar-refractivity contribution in [2.24, 2.45) is 5.73 Å². The van der Waals surface area contributed by atoms with Gasteiger partial charge < -0.3 is 5.73 Å². The molecule has 1 aromatic rings. The van der Waals surface area contributed by atoms with E-state index >= 15 is 0 Å². The van der Waals surface area contributed by atoms with E-state index in [2.05, 4.69) is 51.1 Å². The van der Waals surface area contributed by atoms with Gasteiger partial charge >= 0.3 is 0 Å². The molecular formula is C29H54ClN. The van der Waals surface area contributed by atoms with Crippen LogP contribution in [-0.2, 0) is 5.41 Å². The number of rotatable bonds is 20. The highest BCUT2D eigenvalue weighted by Crippen LogP contribution is 2.36. The lowest BCUT2D eigenvalue weighted by atomic mass is 9.69. The van der Waals surface area contributed by atoms with Gasteiger partial charge in [0, 0.05) is 11.5 Å². The third-order valence-corrected chi connectivity index (χ3v) is 7.44. The second-order valence-electron chi connectivity index (χ2n) is 9.57. The molecule has 0 saturated carbocycles. The van der Waals surface area contributed by atoms with Crippen molar-refractivity contribution in [1.82, 2.24) is 0 Å². The molecule has 0 aliphatic heterocycles. The monoisotopic (exact) mass is 451 g/mol. The van der Waals surface area contributed by atoms with Crippen LogP contribution in [0.25, 0.3) is 0 Å². The van der Waals surface area contributed by atoms with Gasteiger partial charge in [0.1, 0.15) is 0 Å². The third-order valence-electron chi connectivity index (χ3n) is 7.44. The minimum atomic E-state index is 0. The summed E-state index contributed by atoms with van der Waals surface area (Å²) in [5.74, 6) is 0. The third kappa shape index (κ3) is 12.3. The fourth-order valence-corrected chi connectivity index (χ4v) is 5.18. The maximum atomic E-state index is 6.76. The van der Waals surface area contributed by atoms with Crippen LogP contribution < -0.4 is 5.73 Å². The van der Waals surface area contributed by atoms with Gasteiger partial charge in [0.2, 0.25) is 0 Å². The Morgan fingerprint density at radius 2 is 1.00 bits per heavy atom. The maximum absolute atomic E-state index is 6.76. The van der Waals surface area contributed by atoms with Crippen LogP contribution in [0.5, 0.6) is 0 Å². The zero-order valence-corrected chi connectivity index (χ0v) is 22.0. The summed E-state index contributed by atoms with van der Waals surface area (Å²) in [6.45, 7) is 6.91. The largest absolute Gasteiger partial charge is 0.327 e. The number of hydrogen-bond donors (Lipinski definition) is 1. The van der Waals surface area contributed by atoms with Gasteiger partial charge in [-0.05, 0) is 24.8 Å². The number of hydrogen-bond acceptors (Lipinski definition) is 1. The van der Waals surface area contributed by atoms with Crippen molar-refractivity contribution in [3.8, 4) is 0 Å². The van der Waals surface area contributed by atoms with Crippen molar-refractivity contribution < 1.29 is 0 Å². The van der Waals surface area contributed by atoms with E-state index in [0.717, 1.165) is 19.3 Å². The van der Waals surface area contributed by atoms with Gasteiger partial charge in [-0.3, -0.25) is 0 Å². The molecule has 0 aliphatic rings. The molecule has 1 nitrogen and oxygen atoms in total. The fourth-order valence-electron chi connectivity index (χ4n) is 5.18. The molecule has 1 aromatic carbocycles. The molecule has 0 fully saturated rings. The lowest BCUT2D eigenvalue weighted by molar-refractivity contribution is 0.297. The molecule has 0 amide bonds. The summed E-state index contributed by atoms with van der Waals surface area (Å²) >= 11 is 0. The van der Waals surface area contributed by atoms with Crippen LogP contribution >= 0.6 is 12.4 Å². The summed E-state index contributed by atoms with van der Waals surface area (Å²) in [7, 11) is 0. The first-order valence-electron chi connectivity index (χ1n) is 13.5. The molecule has 0 heterocycles. The first kappa shape index (κ1) is 30.5. The van der Waals surface area contributed by atoms with Gasteiger partial charge in [-0.2, -0.15) is 0 Å². The van der Waals surface area contributed by atoms with Crippen molar-refractivity contribution in [3.63, 3.8) is 0 Å². The molecule has 2 N–H and O–H groups in total. The maximum Gasteiger partial charge on any atom is 0.0136 e. The minimum Gasteiger partial charge on any atom is -0.327 e. The zero-order valence-electron chi connectivity index (χ0n) is 21.2. The Labute approximate surface area is 201 Å². The molecule has 1 rings (SSSR count). The highest BCUT2D eigenvalue weighted by atomic mass is 35.5. The van der Waals surface area contributed by atoms with Crippen LogP contribution in [0, 0.1) is 0 Å². The molecule has 0 radical (unpaired) electrons. The predicted molar refractivity (Wildman–Crippen MR) is 143 cm³/mol. The van der Waals surface area contributed by atoms with Crippen molar-refractivity contribution in [1.29, 1.82) is 0 Å². The Morgan fingerprint density at radius 3 is 1.39 bits per heavy atom. The molecule has 182 valence electrons. The van der Waals surface area contributed by atoms with E-state index in [0.29, 0.717) is 0 Å². The number of benzene rings is 1. The topological polar surface area (TPSA) is 26.0 Å². The van der Waals surface area contributed by atoms with Gasteiger partial charge in [0.05, 0.1) is 0 Å². The Bertz CT molecular complexity index is 483. The summed E-state index contributed by atoms with van der Waals surface area (Å²) in [5.41, 5.74) is 8.34. The summed E-state index contributed by atoms with van der Waals surface area (Å²) in [5, 5.41) is 0. The van der Waals surface area contributed by atoms with Gasteiger partial charge in [-0.15, -0.1) is 12.4 Å². The normalized spacial score (nSPS) is 12.5. The van der Waals surface area contributed by atoms with Crippen molar-refractivity contribution in [2.75, 3.05) is 0 Å². The lowest BCUT2D eigenvalue weighted by Crippen LogP contribution is -2.44. The summed E-state index contributed by atoms with van der Waals surface area (Å²) in [6, 6.07) is 11.3. The predicted octanol–water partition coefficient (Wildman–Crippen LogP) is 9.75. The Kier molecular flexibility index (Phi) is 19.8. The second kappa shape index (κ2) is 20.1. The van der Waals surface area contributed by atoms with Gasteiger partial charge in [-0.25, -0.2) is 0 Å². The van der Waals surface area contributed by atoms with E-state index in [1.165, 1.54) is 102 Å². The van der Waals surface area contributed by atoms with Crippen LogP contribution in [0.4, 0.5) is 0 Å². The minimum absolute atomic E-state index is 0. The molecule has 2 heteroatoms. The lowest BCUT2D eigenvalue weighted by Gasteiger charge is -2.38. The van der Waals surface area contributed by atoms with E-state index < -0.39 is 0 Å². The summed E-state index contributed by atoms with van der Waals surface area (Å²) in [6.07, 6.45) is 24.7. The van der Waals surface area contributed by atoms with E-state index in [1.807, 2.05) is 0 Å². The number of unbranched alkanes of at least 4 members (excludes halogenated alkanes) is 14. The molecule has 0 saturated heterocycles. The first-order valence-corrected chi connectivity index (χ1v) is 13.5. The highest BCUT2D eigenvalue weighted by Gasteiger charge is 2.34. The first-order chi connectivity index (χ1) is 14.7. The molecule has 0 bridgehead atoms. The van der Waals surface area contributed by atoms with E-state index in [9.17, 15) is 0 Å². The molecule has 31 heavy (non-hydrogen) atoms. The van der Waals surface area contributed by atoms with Crippen molar-refractivity contribution in [3.05, 3.63) is 35.9 Å². The number of nitrogens with two attached hydrogens (primary N) is 1. The average Bonchev–Trinajstić information content (AvgIpc) is 2.78.